The standard InChI is InChI=1S/C20H26N4O2/c1-13-5-7-15(8-6-13)20(12-19(20,3)4)17(26)21-9-10-22-18-23-14(2)11-16(25)24-18/h5-8,11H,9-10,12H2,1-4H3,(H,21,26)(H2,22,23,24,25)/t20-/m1/s1. The second-order valence-electron chi connectivity index (χ2n) is 7.75. The fourth-order valence-electron chi connectivity index (χ4n) is 3.64. The van der Waals surface area contributed by atoms with Crippen LogP contribution >= 0.6 is 0 Å². The third-order valence-corrected chi connectivity index (χ3v) is 5.24. The SMILES string of the molecule is Cc1ccc([C@@]2(C(=O)NCCNc3nc(C)cc(=O)[nH]3)CC2(C)C)cc1. The zero-order chi connectivity index (χ0) is 18.9. The van der Waals surface area contributed by atoms with Crippen LogP contribution in [0.25, 0.3) is 0 Å². The van der Waals surface area contributed by atoms with Gasteiger partial charge in [-0.15, -0.1) is 0 Å². The average Bonchev–Trinajstić information content (AvgIpc) is 3.15. The van der Waals surface area contributed by atoms with E-state index in [2.05, 4.69) is 58.7 Å². The third kappa shape index (κ3) is 3.36. The summed E-state index contributed by atoms with van der Waals surface area (Å²) in [5.74, 6) is 0.475. The molecule has 1 fully saturated rings. The zero-order valence-corrected chi connectivity index (χ0v) is 15.8. The predicted octanol–water partition coefficient (Wildman–Crippen LogP) is 2.28. The largest absolute Gasteiger partial charge is 0.354 e. The number of rotatable bonds is 6. The molecule has 138 valence electrons. The summed E-state index contributed by atoms with van der Waals surface area (Å²) >= 11 is 0. The summed E-state index contributed by atoms with van der Waals surface area (Å²) < 4.78 is 0. The number of aromatic amines is 1. The molecule has 1 aliphatic rings. The highest BCUT2D eigenvalue weighted by atomic mass is 16.2. The van der Waals surface area contributed by atoms with E-state index < -0.39 is 5.41 Å². The molecule has 1 atom stereocenters. The molecule has 1 amide bonds. The fraction of sp³-hybridized carbons (Fsp3) is 0.450. The van der Waals surface area contributed by atoms with Gasteiger partial charge in [-0.1, -0.05) is 43.7 Å². The number of hydrogen-bond donors (Lipinski definition) is 3. The summed E-state index contributed by atoms with van der Waals surface area (Å²) in [5.41, 5.74) is 2.20. The first-order chi connectivity index (χ1) is 12.2. The maximum Gasteiger partial charge on any atom is 0.252 e. The Morgan fingerprint density at radius 2 is 1.85 bits per heavy atom. The maximum atomic E-state index is 12.9. The fourth-order valence-corrected chi connectivity index (χ4v) is 3.64. The van der Waals surface area contributed by atoms with Gasteiger partial charge in [0.1, 0.15) is 0 Å². The first kappa shape index (κ1) is 18.2. The number of benzene rings is 1. The molecule has 26 heavy (non-hydrogen) atoms. The highest BCUT2D eigenvalue weighted by Gasteiger charge is 2.66. The van der Waals surface area contributed by atoms with Crippen LogP contribution in [0.3, 0.4) is 0 Å². The van der Waals surface area contributed by atoms with Crippen LogP contribution in [-0.2, 0) is 10.2 Å². The normalized spacial score (nSPS) is 20.5. The highest BCUT2D eigenvalue weighted by molar-refractivity contribution is 5.93. The molecule has 1 heterocycles. The Morgan fingerprint density at radius 1 is 1.19 bits per heavy atom. The van der Waals surface area contributed by atoms with Crippen molar-refractivity contribution in [2.45, 2.75) is 39.5 Å². The van der Waals surface area contributed by atoms with Crippen molar-refractivity contribution in [1.82, 2.24) is 15.3 Å². The number of anilines is 1. The van der Waals surface area contributed by atoms with Crippen molar-refractivity contribution >= 4 is 11.9 Å². The van der Waals surface area contributed by atoms with Crippen molar-refractivity contribution in [3.63, 3.8) is 0 Å². The van der Waals surface area contributed by atoms with E-state index in [0.717, 1.165) is 12.0 Å². The number of nitrogens with one attached hydrogen (secondary N) is 3. The number of hydrogen-bond acceptors (Lipinski definition) is 4. The molecule has 0 aliphatic heterocycles. The van der Waals surface area contributed by atoms with Gasteiger partial charge in [-0.3, -0.25) is 14.6 Å². The second-order valence-corrected chi connectivity index (χ2v) is 7.75. The van der Waals surface area contributed by atoms with Crippen LogP contribution in [0.15, 0.2) is 35.1 Å². The molecule has 0 bridgehead atoms. The smallest absolute Gasteiger partial charge is 0.252 e. The molecule has 2 aromatic rings. The van der Waals surface area contributed by atoms with Gasteiger partial charge in [0, 0.05) is 24.8 Å². The third-order valence-electron chi connectivity index (χ3n) is 5.24. The van der Waals surface area contributed by atoms with Crippen molar-refractivity contribution in [2.75, 3.05) is 18.4 Å². The topological polar surface area (TPSA) is 86.9 Å². The molecule has 0 spiro atoms. The van der Waals surface area contributed by atoms with E-state index in [0.29, 0.717) is 24.7 Å². The van der Waals surface area contributed by atoms with Gasteiger partial charge in [-0.2, -0.15) is 0 Å². The number of H-pyrrole nitrogens is 1. The Morgan fingerprint density at radius 3 is 2.42 bits per heavy atom. The van der Waals surface area contributed by atoms with Gasteiger partial charge >= 0.3 is 0 Å². The molecule has 0 unspecified atom stereocenters. The van der Waals surface area contributed by atoms with Crippen LogP contribution in [0, 0.1) is 19.3 Å². The molecular formula is C20H26N4O2. The van der Waals surface area contributed by atoms with E-state index in [9.17, 15) is 9.59 Å². The Bertz CT molecular complexity index is 870. The average molecular weight is 354 g/mol. The van der Waals surface area contributed by atoms with Crippen LogP contribution in [-0.4, -0.2) is 29.0 Å². The number of carbonyl (C=O) groups excluding carboxylic acids is 1. The molecule has 3 rings (SSSR count). The van der Waals surface area contributed by atoms with Gasteiger partial charge in [-0.05, 0) is 31.2 Å². The monoisotopic (exact) mass is 354 g/mol. The molecule has 0 saturated heterocycles. The van der Waals surface area contributed by atoms with Crippen molar-refractivity contribution in [1.29, 1.82) is 0 Å². The minimum Gasteiger partial charge on any atom is -0.354 e. The van der Waals surface area contributed by atoms with Gasteiger partial charge in [0.05, 0.1) is 5.41 Å². The number of aryl methyl sites for hydroxylation is 2. The van der Waals surface area contributed by atoms with Crippen LogP contribution < -0.4 is 16.2 Å². The molecule has 6 nitrogen and oxygen atoms in total. The molecule has 1 aromatic carbocycles. The summed E-state index contributed by atoms with van der Waals surface area (Å²) in [5, 5.41) is 6.07. The van der Waals surface area contributed by atoms with E-state index in [1.807, 2.05) is 6.92 Å². The number of aromatic nitrogens is 2. The quantitative estimate of drug-likeness (QED) is 0.695. The summed E-state index contributed by atoms with van der Waals surface area (Å²) in [6.07, 6.45) is 0.842. The highest BCUT2D eigenvalue weighted by Crippen LogP contribution is 2.64. The van der Waals surface area contributed by atoms with Crippen LogP contribution in [0.2, 0.25) is 0 Å². The molecule has 1 saturated carbocycles. The Hall–Kier alpha value is -2.63. The van der Waals surface area contributed by atoms with Crippen LogP contribution in [0.5, 0.6) is 0 Å². The van der Waals surface area contributed by atoms with Gasteiger partial charge in [-0.25, -0.2) is 4.98 Å². The number of nitrogens with zero attached hydrogens (tertiary/aromatic N) is 1. The number of carbonyl (C=O) groups is 1. The van der Waals surface area contributed by atoms with Gasteiger partial charge in [0.25, 0.3) is 5.56 Å². The van der Waals surface area contributed by atoms with Crippen molar-refractivity contribution in [2.24, 2.45) is 5.41 Å². The van der Waals surface area contributed by atoms with Gasteiger partial charge in [0.2, 0.25) is 11.9 Å². The van der Waals surface area contributed by atoms with Gasteiger partial charge < -0.3 is 10.6 Å². The lowest BCUT2D eigenvalue weighted by Gasteiger charge is -2.21. The molecule has 6 heteroatoms. The number of amides is 1. The first-order valence-corrected chi connectivity index (χ1v) is 8.92. The molecular weight excluding hydrogens is 328 g/mol. The van der Waals surface area contributed by atoms with Crippen molar-refractivity contribution in [3.05, 3.63) is 57.5 Å². The lowest BCUT2D eigenvalue weighted by molar-refractivity contribution is -0.124. The minimum atomic E-state index is -0.462. The lowest BCUT2D eigenvalue weighted by Crippen LogP contribution is -2.40. The van der Waals surface area contributed by atoms with Crippen molar-refractivity contribution < 1.29 is 4.79 Å². The Kier molecular flexibility index (Phi) is 4.61. The second kappa shape index (κ2) is 6.59. The molecule has 1 aliphatic carbocycles. The summed E-state index contributed by atoms with van der Waals surface area (Å²) in [6, 6.07) is 9.67. The molecule has 0 radical (unpaired) electrons. The van der Waals surface area contributed by atoms with E-state index in [4.69, 9.17) is 0 Å². The first-order valence-electron chi connectivity index (χ1n) is 8.92. The minimum absolute atomic E-state index is 0.0525. The van der Waals surface area contributed by atoms with E-state index in [1.165, 1.54) is 11.6 Å². The zero-order valence-electron chi connectivity index (χ0n) is 15.8. The van der Waals surface area contributed by atoms with E-state index in [1.54, 1.807) is 6.92 Å². The predicted molar refractivity (Wildman–Crippen MR) is 102 cm³/mol. The lowest BCUT2D eigenvalue weighted by atomic mass is 9.86. The Balaban J connectivity index is 1.61. The van der Waals surface area contributed by atoms with Gasteiger partial charge in [0.15, 0.2) is 0 Å². The van der Waals surface area contributed by atoms with E-state index >= 15 is 0 Å². The summed E-state index contributed by atoms with van der Waals surface area (Å²) in [6.45, 7) is 9.02. The van der Waals surface area contributed by atoms with Crippen LogP contribution in [0.4, 0.5) is 5.95 Å². The van der Waals surface area contributed by atoms with Crippen molar-refractivity contribution in [3.8, 4) is 0 Å². The molecule has 3 N–H and O–H groups in total. The maximum absolute atomic E-state index is 12.9. The summed E-state index contributed by atoms with van der Waals surface area (Å²) in [7, 11) is 0. The Labute approximate surface area is 153 Å². The molecule has 1 aromatic heterocycles. The van der Waals surface area contributed by atoms with Crippen LogP contribution in [0.1, 0.15) is 37.1 Å². The van der Waals surface area contributed by atoms with E-state index in [-0.39, 0.29) is 16.9 Å². The summed E-state index contributed by atoms with van der Waals surface area (Å²) in [4.78, 5) is 31.2.